The van der Waals surface area contributed by atoms with E-state index in [0.717, 1.165) is 16.5 Å². The second kappa shape index (κ2) is 5.11. The van der Waals surface area contributed by atoms with Crippen molar-refractivity contribution in [3.63, 3.8) is 0 Å². The largest absolute Gasteiger partial charge is 0.343 e. The molecule has 3 nitrogen and oxygen atoms in total. The van der Waals surface area contributed by atoms with Crippen LogP contribution in [0.4, 0.5) is 4.39 Å². The minimum absolute atomic E-state index is 0.0432. The average Bonchev–Trinajstić information content (AvgIpc) is 2.92. The molecule has 1 heterocycles. The van der Waals surface area contributed by atoms with E-state index in [9.17, 15) is 4.39 Å². The van der Waals surface area contributed by atoms with Crippen LogP contribution in [-0.4, -0.2) is 4.57 Å². The fraction of sp³-hybridized carbons (Fsp3) is 0.0588. The Hall–Kier alpha value is -3.11. The Morgan fingerprint density at radius 3 is 2.57 bits per heavy atom. The summed E-state index contributed by atoms with van der Waals surface area (Å²) in [5.41, 5.74) is 2.45. The van der Waals surface area contributed by atoms with Gasteiger partial charge in [0.25, 0.3) is 0 Å². The Balaban J connectivity index is 2.04. The van der Waals surface area contributed by atoms with Gasteiger partial charge in [-0.25, -0.2) is 4.39 Å². The van der Waals surface area contributed by atoms with E-state index < -0.39 is 5.82 Å². The molecule has 0 saturated carbocycles. The first-order valence-electron chi connectivity index (χ1n) is 6.39. The maximum absolute atomic E-state index is 13.3. The van der Waals surface area contributed by atoms with Gasteiger partial charge < -0.3 is 4.57 Å². The molecular formula is C17H10FN3. The quantitative estimate of drug-likeness (QED) is 0.717. The van der Waals surface area contributed by atoms with Gasteiger partial charge in [-0.05, 0) is 35.9 Å². The van der Waals surface area contributed by atoms with Gasteiger partial charge >= 0.3 is 0 Å². The van der Waals surface area contributed by atoms with Gasteiger partial charge in [0.2, 0.25) is 0 Å². The summed E-state index contributed by atoms with van der Waals surface area (Å²) in [6, 6.07) is 16.0. The third-order valence-corrected chi connectivity index (χ3v) is 3.44. The van der Waals surface area contributed by atoms with Crippen LogP contribution in [0.15, 0.2) is 48.7 Å². The van der Waals surface area contributed by atoms with Gasteiger partial charge in [-0.2, -0.15) is 10.5 Å². The van der Waals surface area contributed by atoms with E-state index in [0.29, 0.717) is 12.1 Å². The SMILES string of the molecule is N#Cc1cc(Cn2ccc3c(C#N)cccc32)ccc1F. The van der Waals surface area contributed by atoms with E-state index in [1.165, 1.54) is 6.07 Å². The number of aromatic nitrogens is 1. The zero-order chi connectivity index (χ0) is 14.8. The molecule has 0 aliphatic heterocycles. The van der Waals surface area contributed by atoms with E-state index in [1.54, 1.807) is 18.2 Å². The van der Waals surface area contributed by atoms with Crippen LogP contribution in [0.2, 0.25) is 0 Å². The van der Waals surface area contributed by atoms with Crippen molar-refractivity contribution in [1.82, 2.24) is 4.57 Å². The fourth-order valence-electron chi connectivity index (χ4n) is 2.41. The van der Waals surface area contributed by atoms with Crippen LogP contribution in [0.5, 0.6) is 0 Å². The topological polar surface area (TPSA) is 52.5 Å². The molecule has 0 bridgehead atoms. The Kier molecular flexibility index (Phi) is 3.14. The number of benzene rings is 2. The molecule has 4 heteroatoms. The van der Waals surface area contributed by atoms with Crippen molar-refractivity contribution in [2.75, 3.05) is 0 Å². The van der Waals surface area contributed by atoms with Crippen molar-refractivity contribution in [3.05, 3.63) is 71.2 Å². The third-order valence-electron chi connectivity index (χ3n) is 3.44. The summed E-state index contributed by atoms with van der Waals surface area (Å²) in [7, 11) is 0. The Morgan fingerprint density at radius 2 is 1.81 bits per heavy atom. The van der Waals surface area contributed by atoms with Crippen LogP contribution in [-0.2, 0) is 6.54 Å². The second-order valence-corrected chi connectivity index (χ2v) is 4.72. The van der Waals surface area contributed by atoms with Crippen LogP contribution in [0.25, 0.3) is 10.9 Å². The van der Waals surface area contributed by atoms with Gasteiger partial charge in [-0.1, -0.05) is 12.1 Å². The van der Waals surface area contributed by atoms with Crippen molar-refractivity contribution in [1.29, 1.82) is 10.5 Å². The molecule has 0 amide bonds. The Labute approximate surface area is 121 Å². The smallest absolute Gasteiger partial charge is 0.140 e. The molecule has 2 aromatic carbocycles. The predicted molar refractivity (Wildman–Crippen MR) is 76.9 cm³/mol. The molecule has 3 rings (SSSR count). The number of nitriles is 2. The van der Waals surface area contributed by atoms with Gasteiger partial charge in [0, 0.05) is 23.6 Å². The lowest BCUT2D eigenvalue weighted by Crippen LogP contribution is -1.99. The van der Waals surface area contributed by atoms with Crippen molar-refractivity contribution in [2.45, 2.75) is 6.54 Å². The van der Waals surface area contributed by atoms with Crippen LogP contribution < -0.4 is 0 Å². The average molecular weight is 275 g/mol. The highest BCUT2D eigenvalue weighted by Gasteiger charge is 2.07. The van der Waals surface area contributed by atoms with E-state index in [1.807, 2.05) is 35.0 Å². The normalized spacial score (nSPS) is 10.2. The molecule has 0 radical (unpaired) electrons. The maximum Gasteiger partial charge on any atom is 0.140 e. The first-order valence-corrected chi connectivity index (χ1v) is 6.39. The molecule has 0 saturated heterocycles. The number of halogens is 1. The van der Waals surface area contributed by atoms with E-state index in [4.69, 9.17) is 10.5 Å². The molecule has 0 unspecified atom stereocenters. The molecule has 0 aliphatic rings. The molecule has 0 fully saturated rings. The first-order chi connectivity index (χ1) is 10.2. The first kappa shape index (κ1) is 12.9. The Bertz CT molecular complexity index is 910. The molecule has 1 aromatic heterocycles. The third kappa shape index (κ3) is 2.24. The number of hydrogen-bond donors (Lipinski definition) is 0. The fourth-order valence-corrected chi connectivity index (χ4v) is 2.41. The molecule has 100 valence electrons. The summed E-state index contributed by atoms with van der Waals surface area (Å²) >= 11 is 0. The number of nitrogens with zero attached hydrogens (tertiary/aromatic N) is 3. The molecule has 3 aromatic rings. The van der Waals surface area contributed by atoms with E-state index >= 15 is 0 Å². The van der Waals surface area contributed by atoms with Crippen LogP contribution in [0, 0.1) is 28.5 Å². The van der Waals surface area contributed by atoms with Crippen LogP contribution >= 0.6 is 0 Å². The number of hydrogen-bond acceptors (Lipinski definition) is 2. The van der Waals surface area contributed by atoms with Crippen LogP contribution in [0.3, 0.4) is 0 Å². The van der Waals surface area contributed by atoms with Gasteiger partial charge in [-0.3, -0.25) is 0 Å². The van der Waals surface area contributed by atoms with Crippen molar-refractivity contribution in [2.24, 2.45) is 0 Å². The summed E-state index contributed by atoms with van der Waals surface area (Å²) in [6.45, 7) is 0.521. The van der Waals surface area contributed by atoms with E-state index in [-0.39, 0.29) is 5.56 Å². The second-order valence-electron chi connectivity index (χ2n) is 4.72. The van der Waals surface area contributed by atoms with Crippen molar-refractivity contribution >= 4 is 10.9 Å². The molecule has 0 aliphatic carbocycles. The molecular weight excluding hydrogens is 265 g/mol. The summed E-state index contributed by atoms with van der Waals surface area (Å²) in [4.78, 5) is 0. The number of fused-ring (bicyclic) bond motifs is 1. The zero-order valence-corrected chi connectivity index (χ0v) is 11.0. The summed E-state index contributed by atoms with van der Waals surface area (Å²) in [6.07, 6.45) is 1.89. The highest BCUT2D eigenvalue weighted by Crippen LogP contribution is 2.21. The van der Waals surface area contributed by atoms with Crippen molar-refractivity contribution in [3.8, 4) is 12.1 Å². The molecule has 0 atom stereocenters. The van der Waals surface area contributed by atoms with Crippen LogP contribution in [0.1, 0.15) is 16.7 Å². The van der Waals surface area contributed by atoms with E-state index in [2.05, 4.69) is 6.07 Å². The molecule has 21 heavy (non-hydrogen) atoms. The lowest BCUT2D eigenvalue weighted by atomic mass is 10.1. The predicted octanol–water partition coefficient (Wildman–Crippen LogP) is 3.57. The Morgan fingerprint density at radius 1 is 1.00 bits per heavy atom. The van der Waals surface area contributed by atoms with Gasteiger partial charge in [0.15, 0.2) is 0 Å². The lowest BCUT2D eigenvalue weighted by molar-refractivity contribution is 0.622. The minimum atomic E-state index is -0.509. The van der Waals surface area contributed by atoms with Gasteiger partial charge in [0.1, 0.15) is 11.9 Å². The highest BCUT2D eigenvalue weighted by atomic mass is 19.1. The standard InChI is InChI=1S/C17H10FN3/c18-16-5-4-12(8-14(16)10-20)11-21-7-6-15-13(9-19)2-1-3-17(15)21/h1-8H,11H2. The summed E-state index contributed by atoms with van der Waals surface area (Å²) < 4.78 is 15.3. The van der Waals surface area contributed by atoms with Gasteiger partial charge in [-0.15, -0.1) is 0 Å². The zero-order valence-electron chi connectivity index (χ0n) is 11.0. The summed E-state index contributed by atoms with van der Waals surface area (Å²) in [5, 5.41) is 18.9. The lowest BCUT2D eigenvalue weighted by Gasteiger charge is -2.07. The monoisotopic (exact) mass is 275 g/mol. The van der Waals surface area contributed by atoms with Crippen molar-refractivity contribution < 1.29 is 4.39 Å². The highest BCUT2D eigenvalue weighted by molar-refractivity contribution is 5.86. The number of rotatable bonds is 2. The summed E-state index contributed by atoms with van der Waals surface area (Å²) in [5.74, 6) is -0.509. The minimum Gasteiger partial charge on any atom is -0.343 e. The maximum atomic E-state index is 13.3. The van der Waals surface area contributed by atoms with Gasteiger partial charge in [0.05, 0.1) is 17.2 Å². The molecule has 0 N–H and O–H groups in total. The molecule has 0 spiro atoms.